The summed E-state index contributed by atoms with van der Waals surface area (Å²) in [6.45, 7) is 3.90. The lowest BCUT2D eigenvalue weighted by Gasteiger charge is -2.13. The molecule has 0 aliphatic rings. The molecule has 0 aliphatic carbocycles. The molecule has 0 amide bonds. The summed E-state index contributed by atoms with van der Waals surface area (Å²) in [5.41, 5.74) is 0.882. The van der Waals surface area contributed by atoms with Gasteiger partial charge in [0, 0.05) is 12.2 Å². The molecule has 0 saturated heterocycles. The number of ether oxygens (including phenoxy) is 7. The predicted molar refractivity (Wildman–Crippen MR) is 134 cm³/mol. The van der Waals surface area contributed by atoms with Gasteiger partial charge in [0.1, 0.15) is 19.0 Å². The van der Waals surface area contributed by atoms with Gasteiger partial charge in [0.25, 0.3) is 0 Å². The highest BCUT2D eigenvalue weighted by Crippen LogP contribution is 2.25. The zero-order valence-corrected chi connectivity index (χ0v) is 21.4. The van der Waals surface area contributed by atoms with Gasteiger partial charge in [-0.2, -0.15) is 0 Å². The first-order valence-electron chi connectivity index (χ1n) is 11.8. The van der Waals surface area contributed by atoms with Crippen molar-refractivity contribution < 1.29 is 47.5 Å². The Bertz CT molecular complexity index is 1030. The summed E-state index contributed by atoms with van der Waals surface area (Å²) in [7, 11) is 2.84. The third-order valence-corrected chi connectivity index (χ3v) is 5.17. The van der Waals surface area contributed by atoms with Crippen molar-refractivity contribution in [3.63, 3.8) is 0 Å². The number of carbonyl (C=O) groups excluding carboxylic acids is 3. The van der Waals surface area contributed by atoms with Crippen LogP contribution < -0.4 is 4.74 Å². The summed E-state index contributed by atoms with van der Waals surface area (Å²) in [6.07, 6.45) is 1.97. The average molecular weight is 519 g/mol. The van der Waals surface area contributed by atoms with Crippen molar-refractivity contribution in [2.45, 2.75) is 12.8 Å². The van der Waals surface area contributed by atoms with Crippen molar-refractivity contribution in [1.82, 2.24) is 0 Å². The SMILES string of the molecule is COC(=O)C=CC(=O)OCCOCCOCCOCCOC(=O)C(C)c1ccc2cc(OC)ccc2c1. The third-order valence-electron chi connectivity index (χ3n) is 5.17. The zero-order chi connectivity index (χ0) is 26.9. The standard InChI is InChI=1S/C27H34O10/c1-20(21-4-5-23-19-24(31-2)7-6-22(23)18-21)27(30)37-17-15-35-13-11-33-10-12-34-14-16-36-26(29)9-8-25(28)32-3/h4-9,18-20H,10-17H2,1-3H3. The number of methoxy groups -OCH3 is 2. The van der Waals surface area contributed by atoms with Crippen LogP contribution in [0.1, 0.15) is 18.4 Å². The fourth-order valence-corrected chi connectivity index (χ4v) is 3.10. The van der Waals surface area contributed by atoms with Crippen LogP contribution in [0.3, 0.4) is 0 Å². The molecule has 0 fully saturated rings. The summed E-state index contributed by atoms with van der Waals surface area (Å²) in [5, 5.41) is 2.07. The first-order valence-corrected chi connectivity index (χ1v) is 11.8. The Balaban J connectivity index is 1.47. The van der Waals surface area contributed by atoms with Crippen molar-refractivity contribution >= 4 is 28.7 Å². The van der Waals surface area contributed by atoms with Crippen LogP contribution in [0.15, 0.2) is 48.6 Å². The van der Waals surface area contributed by atoms with E-state index in [1.807, 2.05) is 43.3 Å². The molecule has 37 heavy (non-hydrogen) atoms. The van der Waals surface area contributed by atoms with E-state index in [1.54, 1.807) is 7.11 Å². The molecule has 0 heterocycles. The van der Waals surface area contributed by atoms with Crippen LogP contribution in [0.5, 0.6) is 5.75 Å². The maximum atomic E-state index is 12.4. The second kappa shape index (κ2) is 17.1. The number of esters is 3. The molecular weight excluding hydrogens is 484 g/mol. The summed E-state index contributed by atoms with van der Waals surface area (Å²) < 4.78 is 35.8. The van der Waals surface area contributed by atoms with Gasteiger partial charge in [0.2, 0.25) is 0 Å². The van der Waals surface area contributed by atoms with Gasteiger partial charge < -0.3 is 33.2 Å². The number of carbonyl (C=O) groups is 3. The molecule has 0 N–H and O–H groups in total. The monoisotopic (exact) mass is 518 g/mol. The number of hydrogen-bond acceptors (Lipinski definition) is 10. The number of hydrogen-bond donors (Lipinski definition) is 0. The summed E-state index contributed by atoms with van der Waals surface area (Å²) in [5.74, 6) is -1.21. The lowest BCUT2D eigenvalue weighted by molar-refractivity contribution is -0.146. The van der Waals surface area contributed by atoms with Crippen LogP contribution in [-0.2, 0) is 42.8 Å². The smallest absolute Gasteiger partial charge is 0.331 e. The highest BCUT2D eigenvalue weighted by Gasteiger charge is 2.17. The van der Waals surface area contributed by atoms with Gasteiger partial charge in [-0.1, -0.05) is 24.3 Å². The van der Waals surface area contributed by atoms with E-state index in [1.165, 1.54) is 7.11 Å². The minimum atomic E-state index is -0.655. The molecule has 0 aromatic heterocycles. The van der Waals surface area contributed by atoms with Gasteiger partial charge >= 0.3 is 17.9 Å². The van der Waals surface area contributed by atoms with E-state index >= 15 is 0 Å². The Hall–Kier alpha value is -3.47. The largest absolute Gasteiger partial charge is 0.497 e. The Labute approximate surface area is 216 Å². The van der Waals surface area contributed by atoms with Crippen LogP contribution in [-0.4, -0.2) is 85.0 Å². The molecule has 0 bridgehead atoms. The third kappa shape index (κ3) is 11.4. The molecule has 10 nitrogen and oxygen atoms in total. The molecule has 2 aromatic carbocycles. The molecule has 10 heteroatoms. The van der Waals surface area contributed by atoms with Crippen molar-refractivity contribution in [1.29, 1.82) is 0 Å². The fourth-order valence-electron chi connectivity index (χ4n) is 3.10. The van der Waals surface area contributed by atoms with E-state index in [2.05, 4.69) is 4.74 Å². The van der Waals surface area contributed by atoms with Gasteiger partial charge in [-0.15, -0.1) is 0 Å². The zero-order valence-electron chi connectivity index (χ0n) is 21.4. The molecule has 0 aliphatic heterocycles. The topological polar surface area (TPSA) is 116 Å². The number of fused-ring (bicyclic) bond motifs is 1. The summed E-state index contributed by atoms with van der Waals surface area (Å²) >= 11 is 0. The second-order valence-electron chi connectivity index (χ2n) is 7.72. The van der Waals surface area contributed by atoms with Crippen LogP contribution in [0.2, 0.25) is 0 Å². The van der Waals surface area contributed by atoms with Gasteiger partial charge in [-0.25, -0.2) is 9.59 Å². The fraction of sp³-hybridized carbons (Fsp3) is 0.444. The quantitative estimate of drug-likeness (QED) is 0.134. The van der Waals surface area contributed by atoms with Crippen molar-refractivity contribution in [3.05, 3.63) is 54.1 Å². The Morgan fingerprint density at radius 3 is 1.86 bits per heavy atom. The van der Waals surface area contributed by atoms with E-state index in [9.17, 15) is 14.4 Å². The normalized spacial score (nSPS) is 11.9. The van der Waals surface area contributed by atoms with Crippen molar-refractivity contribution in [2.75, 3.05) is 67.1 Å². The van der Waals surface area contributed by atoms with E-state index in [0.29, 0.717) is 26.4 Å². The van der Waals surface area contributed by atoms with Crippen molar-refractivity contribution in [3.8, 4) is 5.75 Å². The lowest BCUT2D eigenvalue weighted by Crippen LogP contribution is -2.17. The van der Waals surface area contributed by atoms with E-state index in [4.69, 9.17) is 28.4 Å². The van der Waals surface area contributed by atoms with Gasteiger partial charge in [-0.05, 0) is 35.4 Å². The number of rotatable bonds is 17. The highest BCUT2D eigenvalue weighted by atomic mass is 16.6. The first-order chi connectivity index (χ1) is 17.9. The first kappa shape index (κ1) is 29.8. The van der Waals surface area contributed by atoms with E-state index in [-0.39, 0.29) is 32.4 Å². The van der Waals surface area contributed by atoms with Gasteiger partial charge in [-0.3, -0.25) is 4.79 Å². The van der Waals surface area contributed by atoms with Gasteiger partial charge in [0.15, 0.2) is 0 Å². The van der Waals surface area contributed by atoms with E-state index < -0.39 is 17.9 Å². The predicted octanol–water partition coefficient (Wildman–Crippen LogP) is 2.82. The number of benzene rings is 2. The minimum Gasteiger partial charge on any atom is -0.497 e. The molecule has 0 spiro atoms. The van der Waals surface area contributed by atoms with Crippen LogP contribution in [0.4, 0.5) is 0 Å². The molecular formula is C27H34O10. The highest BCUT2D eigenvalue weighted by molar-refractivity contribution is 5.91. The average Bonchev–Trinajstić information content (AvgIpc) is 2.92. The summed E-state index contributed by atoms with van der Waals surface area (Å²) in [6, 6.07) is 11.7. The Kier molecular flexibility index (Phi) is 13.7. The van der Waals surface area contributed by atoms with Gasteiger partial charge in [0.05, 0.1) is 59.8 Å². The molecule has 2 aromatic rings. The minimum absolute atomic E-state index is 0.0564. The van der Waals surface area contributed by atoms with E-state index in [0.717, 1.165) is 34.2 Å². The Morgan fingerprint density at radius 1 is 0.703 bits per heavy atom. The molecule has 0 saturated carbocycles. The summed E-state index contributed by atoms with van der Waals surface area (Å²) in [4.78, 5) is 34.5. The van der Waals surface area contributed by atoms with Crippen LogP contribution in [0, 0.1) is 0 Å². The molecule has 2 rings (SSSR count). The lowest BCUT2D eigenvalue weighted by atomic mass is 9.98. The molecule has 1 unspecified atom stereocenters. The molecule has 202 valence electrons. The second-order valence-corrected chi connectivity index (χ2v) is 7.72. The van der Waals surface area contributed by atoms with Crippen molar-refractivity contribution in [2.24, 2.45) is 0 Å². The maximum Gasteiger partial charge on any atom is 0.331 e. The van der Waals surface area contributed by atoms with Crippen LogP contribution >= 0.6 is 0 Å². The molecule has 1 atom stereocenters. The Morgan fingerprint density at radius 2 is 1.24 bits per heavy atom. The molecule has 0 radical (unpaired) electrons. The van der Waals surface area contributed by atoms with Crippen LogP contribution in [0.25, 0.3) is 10.8 Å². The maximum absolute atomic E-state index is 12.4.